The first-order valence-corrected chi connectivity index (χ1v) is 11.2. The van der Waals surface area contributed by atoms with Crippen molar-refractivity contribution in [3.63, 3.8) is 0 Å². The van der Waals surface area contributed by atoms with Gasteiger partial charge in [-0.05, 0) is 35.8 Å². The molecule has 10 heteroatoms. The molecule has 0 bridgehead atoms. The van der Waals surface area contributed by atoms with Gasteiger partial charge in [-0.1, -0.05) is 35.8 Å². The van der Waals surface area contributed by atoms with E-state index in [9.17, 15) is 9.59 Å². The van der Waals surface area contributed by atoms with Crippen molar-refractivity contribution in [2.75, 3.05) is 13.2 Å². The molecule has 2 aromatic carbocycles. The molecule has 0 amide bonds. The molecular formula is C23H24BBrN4O4. The van der Waals surface area contributed by atoms with Crippen LogP contribution in [0.1, 0.15) is 13.8 Å². The van der Waals surface area contributed by atoms with Gasteiger partial charge >= 0.3 is 7.12 Å². The third kappa shape index (κ3) is 5.08. The first-order chi connectivity index (χ1) is 15.6. The lowest BCUT2D eigenvalue weighted by atomic mass is 9.76. The second-order valence-corrected chi connectivity index (χ2v) is 9.73. The molecule has 0 aliphatic carbocycles. The van der Waals surface area contributed by atoms with E-state index in [2.05, 4.69) is 39.7 Å². The number of rotatable bonds is 1. The van der Waals surface area contributed by atoms with E-state index in [1.807, 2.05) is 36.4 Å². The predicted molar refractivity (Wildman–Crippen MR) is 133 cm³/mol. The van der Waals surface area contributed by atoms with Gasteiger partial charge in [-0.3, -0.25) is 9.59 Å². The molecule has 0 spiro atoms. The molecule has 1 saturated heterocycles. The first-order valence-electron chi connectivity index (χ1n) is 10.4. The highest BCUT2D eigenvalue weighted by atomic mass is 79.9. The largest absolute Gasteiger partial charge is 0.493 e. The Kier molecular flexibility index (Phi) is 6.51. The van der Waals surface area contributed by atoms with Gasteiger partial charge in [0.25, 0.3) is 11.1 Å². The predicted octanol–water partition coefficient (Wildman–Crippen LogP) is 2.40. The molecule has 1 aliphatic heterocycles. The van der Waals surface area contributed by atoms with Gasteiger partial charge in [0, 0.05) is 37.2 Å². The maximum atomic E-state index is 11.6. The Balaban J connectivity index is 0.000000172. The van der Waals surface area contributed by atoms with Gasteiger partial charge in [-0.25, -0.2) is 9.97 Å². The summed E-state index contributed by atoms with van der Waals surface area (Å²) in [5.74, 6) is 0. The van der Waals surface area contributed by atoms with Crippen LogP contribution in [0.25, 0.3) is 22.1 Å². The summed E-state index contributed by atoms with van der Waals surface area (Å²) in [7, 11) is 3.10. The molecule has 2 aromatic heterocycles. The number of hydrogen-bond donors (Lipinski definition) is 0. The Morgan fingerprint density at radius 2 is 1.39 bits per heavy atom. The molecule has 5 rings (SSSR count). The van der Waals surface area contributed by atoms with E-state index >= 15 is 0 Å². The second-order valence-electron chi connectivity index (χ2n) is 8.81. The normalized spacial score (nSPS) is 15.4. The number of fused-ring (bicyclic) bond motifs is 2. The first kappa shape index (κ1) is 23.3. The SMILES string of the molecule is Cn1c(=O)cnc2ccc(B3OCC(C)(C)CO3)cc21.Cn1c(=O)cnc2ccc(Br)cc21. The lowest BCUT2D eigenvalue weighted by molar-refractivity contribution is 0.0343. The average molecular weight is 511 g/mol. The third-order valence-corrected chi connectivity index (χ3v) is 5.97. The minimum absolute atomic E-state index is 0.0434. The van der Waals surface area contributed by atoms with Gasteiger partial charge in [-0.2, -0.15) is 0 Å². The fourth-order valence-electron chi connectivity index (χ4n) is 3.48. The highest BCUT2D eigenvalue weighted by molar-refractivity contribution is 9.10. The van der Waals surface area contributed by atoms with Crippen molar-refractivity contribution in [3.8, 4) is 0 Å². The molecule has 1 fully saturated rings. The van der Waals surface area contributed by atoms with E-state index in [1.165, 1.54) is 12.4 Å². The van der Waals surface area contributed by atoms with Gasteiger partial charge in [0.15, 0.2) is 0 Å². The van der Waals surface area contributed by atoms with Crippen molar-refractivity contribution in [3.05, 3.63) is 74.0 Å². The zero-order valence-corrected chi connectivity index (χ0v) is 20.5. The number of halogens is 1. The van der Waals surface area contributed by atoms with Crippen molar-refractivity contribution in [2.45, 2.75) is 13.8 Å². The Bertz CT molecular complexity index is 1440. The Morgan fingerprint density at radius 1 is 0.879 bits per heavy atom. The van der Waals surface area contributed by atoms with Crippen molar-refractivity contribution in [1.29, 1.82) is 0 Å². The summed E-state index contributed by atoms with van der Waals surface area (Å²) < 4.78 is 15.6. The van der Waals surface area contributed by atoms with Crippen LogP contribution >= 0.6 is 15.9 Å². The van der Waals surface area contributed by atoms with Gasteiger partial charge in [0.2, 0.25) is 0 Å². The van der Waals surface area contributed by atoms with E-state index in [0.29, 0.717) is 13.2 Å². The van der Waals surface area contributed by atoms with Gasteiger partial charge in [0.05, 0.1) is 34.5 Å². The van der Waals surface area contributed by atoms with E-state index in [4.69, 9.17) is 9.31 Å². The van der Waals surface area contributed by atoms with E-state index in [-0.39, 0.29) is 23.7 Å². The standard InChI is InChI=1S/C14H17BN2O3.C9H7BrN2O/c1-14(2)8-19-15(20-9-14)10-4-5-11-12(6-10)17(3)13(18)7-16-11;1-12-8-4-6(10)2-3-7(8)11-5-9(12)13/h4-7H,8-9H2,1-3H3;2-5H,1H3. The average Bonchev–Trinajstić information content (AvgIpc) is 2.79. The zero-order chi connectivity index (χ0) is 23.8. The molecule has 8 nitrogen and oxygen atoms in total. The topological polar surface area (TPSA) is 88.2 Å². The Hall–Kier alpha value is -2.82. The summed E-state index contributed by atoms with van der Waals surface area (Å²) in [4.78, 5) is 31.0. The smallest absolute Gasteiger partial charge is 0.407 e. The molecule has 170 valence electrons. The van der Waals surface area contributed by atoms with Crippen LogP contribution in [0.5, 0.6) is 0 Å². The lowest BCUT2D eigenvalue weighted by Gasteiger charge is -2.33. The van der Waals surface area contributed by atoms with Crippen LogP contribution in [0.2, 0.25) is 0 Å². The van der Waals surface area contributed by atoms with Crippen LogP contribution in [-0.2, 0) is 23.4 Å². The lowest BCUT2D eigenvalue weighted by Crippen LogP contribution is -2.47. The van der Waals surface area contributed by atoms with Crippen molar-refractivity contribution < 1.29 is 9.31 Å². The number of aryl methyl sites for hydroxylation is 2. The minimum Gasteiger partial charge on any atom is -0.407 e. The Morgan fingerprint density at radius 3 is 1.97 bits per heavy atom. The fraction of sp³-hybridized carbons (Fsp3) is 0.304. The van der Waals surface area contributed by atoms with E-state index in [1.54, 1.807) is 23.2 Å². The van der Waals surface area contributed by atoms with Crippen LogP contribution in [0.3, 0.4) is 0 Å². The van der Waals surface area contributed by atoms with Gasteiger partial charge < -0.3 is 18.4 Å². The zero-order valence-electron chi connectivity index (χ0n) is 18.9. The molecule has 4 aromatic rings. The molecule has 0 atom stereocenters. The fourth-order valence-corrected chi connectivity index (χ4v) is 3.83. The van der Waals surface area contributed by atoms with Crippen molar-refractivity contribution in [1.82, 2.24) is 19.1 Å². The molecule has 0 unspecified atom stereocenters. The van der Waals surface area contributed by atoms with E-state index < -0.39 is 0 Å². The highest BCUT2D eigenvalue weighted by Gasteiger charge is 2.33. The Labute approximate surface area is 199 Å². The van der Waals surface area contributed by atoms with Crippen LogP contribution in [-0.4, -0.2) is 39.4 Å². The van der Waals surface area contributed by atoms with Gasteiger partial charge in [0.1, 0.15) is 0 Å². The molecule has 1 aliphatic rings. The molecule has 33 heavy (non-hydrogen) atoms. The number of aromatic nitrogens is 4. The molecule has 0 N–H and O–H groups in total. The minimum atomic E-state index is -0.372. The maximum Gasteiger partial charge on any atom is 0.493 e. The molecule has 0 saturated carbocycles. The van der Waals surface area contributed by atoms with Crippen LogP contribution < -0.4 is 16.6 Å². The summed E-state index contributed by atoms with van der Waals surface area (Å²) in [6.07, 6.45) is 2.66. The van der Waals surface area contributed by atoms with Crippen LogP contribution in [0.4, 0.5) is 0 Å². The van der Waals surface area contributed by atoms with Gasteiger partial charge in [-0.15, -0.1) is 0 Å². The maximum absolute atomic E-state index is 11.6. The van der Waals surface area contributed by atoms with E-state index in [0.717, 1.165) is 32.0 Å². The summed E-state index contributed by atoms with van der Waals surface area (Å²) in [5, 5.41) is 0. The van der Waals surface area contributed by atoms with Crippen molar-refractivity contribution >= 4 is 50.6 Å². The summed E-state index contributed by atoms with van der Waals surface area (Å²) in [6.45, 7) is 5.53. The summed E-state index contributed by atoms with van der Waals surface area (Å²) >= 11 is 3.35. The quantitative estimate of drug-likeness (QED) is 0.365. The van der Waals surface area contributed by atoms with Crippen LogP contribution in [0.15, 0.2) is 62.9 Å². The monoisotopic (exact) mass is 510 g/mol. The number of benzene rings is 2. The van der Waals surface area contributed by atoms with Crippen LogP contribution in [0, 0.1) is 5.41 Å². The highest BCUT2D eigenvalue weighted by Crippen LogP contribution is 2.21. The van der Waals surface area contributed by atoms with Crippen molar-refractivity contribution in [2.24, 2.45) is 19.5 Å². The molecule has 3 heterocycles. The third-order valence-electron chi connectivity index (χ3n) is 5.47. The molecule has 0 radical (unpaired) electrons. The summed E-state index contributed by atoms with van der Waals surface area (Å²) in [6, 6.07) is 11.4. The molecular weight excluding hydrogens is 487 g/mol. The number of nitrogens with zero attached hydrogens (tertiary/aromatic N) is 4. The summed E-state index contributed by atoms with van der Waals surface area (Å²) in [5.41, 5.74) is 3.97. The number of hydrogen-bond acceptors (Lipinski definition) is 6. The second kappa shape index (κ2) is 9.21.